The molecule has 2 nitrogen and oxygen atoms in total. The summed E-state index contributed by atoms with van der Waals surface area (Å²) in [5.74, 6) is 0.886. The third kappa shape index (κ3) is 1.91. The van der Waals surface area contributed by atoms with E-state index in [4.69, 9.17) is 4.74 Å². The molecule has 0 amide bonds. The van der Waals surface area contributed by atoms with Crippen molar-refractivity contribution < 1.29 is 4.74 Å². The number of benzene rings is 3. The number of aryl methyl sites for hydroxylation is 2. The van der Waals surface area contributed by atoms with Gasteiger partial charge in [0.15, 0.2) is 0 Å². The quantitative estimate of drug-likeness (QED) is 0.343. The fourth-order valence-electron chi connectivity index (χ4n) is 3.91. The van der Waals surface area contributed by atoms with E-state index in [2.05, 4.69) is 72.8 Å². The molecule has 0 bridgehead atoms. The molecule has 0 saturated carbocycles. The number of hydrogen-bond donors (Lipinski definition) is 0. The van der Waals surface area contributed by atoms with Crippen LogP contribution >= 0.6 is 0 Å². The molecule has 2 aromatic heterocycles. The van der Waals surface area contributed by atoms with Gasteiger partial charge in [0.2, 0.25) is 0 Å². The molecule has 2 heterocycles. The summed E-state index contributed by atoms with van der Waals surface area (Å²) in [6, 6.07) is 21.9. The number of hydrogen-bond acceptors (Lipinski definition) is 1. The highest BCUT2D eigenvalue weighted by Gasteiger charge is 2.13. The van der Waals surface area contributed by atoms with Crippen molar-refractivity contribution in [3.63, 3.8) is 0 Å². The number of para-hydroxylation sites is 1. The molecule has 0 atom stereocenters. The third-order valence-corrected chi connectivity index (χ3v) is 5.36. The summed E-state index contributed by atoms with van der Waals surface area (Å²) in [6.07, 6.45) is 0. The maximum absolute atomic E-state index is 5.46. The maximum Gasteiger partial charge on any atom is 0.120 e. The maximum atomic E-state index is 5.46. The molecule has 0 unspecified atom stereocenters. The summed E-state index contributed by atoms with van der Waals surface area (Å²) < 4.78 is 7.83. The Morgan fingerprint density at radius 1 is 0.680 bits per heavy atom. The van der Waals surface area contributed by atoms with E-state index in [1.807, 2.05) is 6.07 Å². The van der Waals surface area contributed by atoms with Crippen LogP contribution in [0.25, 0.3) is 38.1 Å². The van der Waals surface area contributed by atoms with Gasteiger partial charge in [-0.3, -0.25) is 0 Å². The van der Waals surface area contributed by atoms with Gasteiger partial charge in [-0.05, 0) is 60.7 Å². The van der Waals surface area contributed by atoms with Crippen LogP contribution < -0.4 is 4.74 Å². The van der Waals surface area contributed by atoms with Crippen molar-refractivity contribution >= 4 is 38.1 Å². The van der Waals surface area contributed by atoms with Gasteiger partial charge in [0, 0.05) is 22.2 Å². The first-order valence-corrected chi connectivity index (χ1v) is 8.58. The first kappa shape index (κ1) is 14.4. The van der Waals surface area contributed by atoms with Gasteiger partial charge in [-0.1, -0.05) is 24.3 Å². The Morgan fingerprint density at radius 3 is 2.24 bits per heavy atom. The SMILES string of the molecule is COc1ccc2cc3c4cc(C)c(C)cc4c4ccccc4n3c2c1. The third-order valence-electron chi connectivity index (χ3n) is 5.36. The largest absolute Gasteiger partial charge is 0.497 e. The van der Waals surface area contributed by atoms with Crippen LogP contribution in [0.4, 0.5) is 0 Å². The molecule has 0 N–H and O–H groups in total. The molecule has 0 fully saturated rings. The molecule has 3 aromatic carbocycles. The Balaban J connectivity index is 2.14. The molecule has 0 radical (unpaired) electrons. The number of methoxy groups -OCH3 is 1. The number of rotatable bonds is 1. The lowest BCUT2D eigenvalue weighted by Crippen LogP contribution is -1.92. The first-order chi connectivity index (χ1) is 12.2. The van der Waals surface area contributed by atoms with Gasteiger partial charge in [-0.25, -0.2) is 0 Å². The normalized spacial score (nSPS) is 11.8. The van der Waals surface area contributed by atoms with Crippen LogP contribution in [-0.2, 0) is 0 Å². The minimum Gasteiger partial charge on any atom is -0.497 e. The van der Waals surface area contributed by atoms with Gasteiger partial charge in [-0.2, -0.15) is 0 Å². The summed E-state index contributed by atoms with van der Waals surface area (Å²) in [6.45, 7) is 4.37. The van der Waals surface area contributed by atoms with E-state index in [0.717, 1.165) is 5.75 Å². The summed E-state index contributed by atoms with van der Waals surface area (Å²) in [5, 5.41) is 5.14. The molecular weight excluding hydrogens is 306 g/mol. The average Bonchev–Trinajstić information content (AvgIpc) is 3.02. The highest BCUT2D eigenvalue weighted by molar-refractivity contribution is 6.16. The molecule has 2 heteroatoms. The topological polar surface area (TPSA) is 13.6 Å². The summed E-state index contributed by atoms with van der Waals surface area (Å²) in [4.78, 5) is 0. The number of aromatic nitrogens is 1. The molecule has 5 rings (SSSR count). The second kappa shape index (κ2) is 5.00. The molecule has 0 aliphatic heterocycles. The van der Waals surface area contributed by atoms with Crippen LogP contribution in [0.3, 0.4) is 0 Å². The van der Waals surface area contributed by atoms with E-state index in [-0.39, 0.29) is 0 Å². The van der Waals surface area contributed by atoms with Gasteiger partial charge in [0.1, 0.15) is 5.75 Å². The van der Waals surface area contributed by atoms with Crippen molar-refractivity contribution in [3.8, 4) is 5.75 Å². The van der Waals surface area contributed by atoms with Gasteiger partial charge in [-0.15, -0.1) is 0 Å². The Kier molecular flexibility index (Phi) is 2.87. The highest BCUT2D eigenvalue weighted by Crippen LogP contribution is 2.36. The highest BCUT2D eigenvalue weighted by atomic mass is 16.5. The van der Waals surface area contributed by atoms with E-state index >= 15 is 0 Å². The monoisotopic (exact) mass is 325 g/mol. The Morgan fingerprint density at radius 2 is 1.44 bits per heavy atom. The van der Waals surface area contributed by atoms with E-state index in [0.29, 0.717) is 0 Å². The summed E-state index contributed by atoms with van der Waals surface area (Å²) in [7, 11) is 1.72. The van der Waals surface area contributed by atoms with Crippen molar-refractivity contribution in [1.82, 2.24) is 4.40 Å². The van der Waals surface area contributed by atoms with E-state index in [1.165, 1.54) is 49.2 Å². The average molecular weight is 325 g/mol. The predicted octanol–water partition coefficient (Wildman–Crippen LogP) is 6.02. The zero-order chi connectivity index (χ0) is 17.1. The lowest BCUT2D eigenvalue weighted by Gasteiger charge is -2.12. The fraction of sp³-hybridized carbons (Fsp3) is 0.130. The van der Waals surface area contributed by atoms with Gasteiger partial charge in [0.25, 0.3) is 0 Å². The van der Waals surface area contributed by atoms with Crippen LogP contribution in [0.15, 0.2) is 60.7 Å². The van der Waals surface area contributed by atoms with Crippen molar-refractivity contribution in [2.75, 3.05) is 7.11 Å². The lowest BCUT2D eigenvalue weighted by atomic mass is 9.99. The Bertz CT molecular complexity index is 1290. The summed E-state index contributed by atoms with van der Waals surface area (Å²) in [5.41, 5.74) is 6.33. The van der Waals surface area contributed by atoms with Gasteiger partial charge >= 0.3 is 0 Å². The zero-order valence-electron chi connectivity index (χ0n) is 14.6. The standard InChI is InChI=1S/C23H19NO/c1-14-10-19-18-6-4-5-7-21(18)24-22-13-17(25-3)9-8-16(22)12-23(24)20(19)11-15(14)2/h4-13H,1-3H3. The zero-order valence-corrected chi connectivity index (χ0v) is 14.6. The van der Waals surface area contributed by atoms with Crippen LogP contribution in [0.1, 0.15) is 11.1 Å². The number of nitrogens with zero attached hydrogens (tertiary/aromatic N) is 1. The number of pyridine rings is 1. The van der Waals surface area contributed by atoms with Crippen molar-refractivity contribution in [1.29, 1.82) is 0 Å². The van der Waals surface area contributed by atoms with Crippen molar-refractivity contribution in [2.45, 2.75) is 13.8 Å². The second-order valence-corrected chi connectivity index (χ2v) is 6.79. The van der Waals surface area contributed by atoms with E-state index in [1.54, 1.807) is 7.11 Å². The molecule has 122 valence electrons. The van der Waals surface area contributed by atoms with E-state index in [9.17, 15) is 0 Å². The smallest absolute Gasteiger partial charge is 0.120 e. The predicted molar refractivity (Wildman–Crippen MR) is 106 cm³/mol. The second-order valence-electron chi connectivity index (χ2n) is 6.79. The Labute approximate surface area is 146 Å². The molecule has 0 saturated heterocycles. The molecule has 25 heavy (non-hydrogen) atoms. The van der Waals surface area contributed by atoms with Crippen LogP contribution in [-0.4, -0.2) is 11.5 Å². The molecule has 0 aliphatic carbocycles. The first-order valence-electron chi connectivity index (χ1n) is 8.58. The minimum absolute atomic E-state index is 0.886. The lowest BCUT2D eigenvalue weighted by molar-refractivity contribution is 0.415. The van der Waals surface area contributed by atoms with Gasteiger partial charge < -0.3 is 9.14 Å². The van der Waals surface area contributed by atoms with Crippen molar-refractivity contribution in [3.05, 3.63) is 71.8 Å². The van der Waals surface area contributed by atoms with E-state index < -0.39 is 0 Å². The fourth-order valence-corrected chi connectivity index (χ4v) is 3.91. The van der Waals surface area contributed by atoms with Gasteiger partial charge in [0.05, 0.1) is 23.7 Å². The van der Waals surface area contributed by atoms with Crippen LogP contribution in [0, 0.1) is 13.8 Å². The number of ether oxygens (including phenoxy) is 1. The number of fused-ring (bicyclic) bond motifs is 8. The summed E-state index contributed by atoms with van der Waals surface area (Å²) >= 11 is 0. The molecule has 0 spiro atoms. The van der Waals surface area contributed by atoms with Crippen LogP contribution in [0.2, 0.25) is 0 Å². The Hall–Kier alpha value is -3.00. The van der Waals surface area contributed by atoms with Crippen molar-refractivity contribution in [2.24, 2.45) is 0 Å². The molecule has 0 aliphatic rings. The molecular formula is C23H19NO. The minimum atomic E-state index is 0.886. The van der Waals surface area contributed by atoms with Crippen LogP contribution in [0.5, 0.6) is 5.75 Å². The molecule has 5 aromatic rings.